The van der Waals surface area contributed by atoms with Crippen molar-refractivity contribution in [2.75, 3.05) is 19.0 Å². The molecule has 3 rings (SSSR count). The third-order valence-corrected chi connectivity index (χ3v) is 5.06. The number of nitrogens with zero attached hydrogens (tertiary/aromatic N) is 3. The first-order valence-electron chi connectivity index (χ1n) is 9.05. The van der Waals surface area contributed by atoms with Crippen LogP contribution in [0.3, 0.4) is 0 Å². The number of hydrogen-bond donors (Lipinski definition) is 1. The second kappa shape index (κ2) is 10.1. The van der Waals surface area contributed by atoms with Crippen LogP contribution in [0.4, 0.5) is 5.69 Å². The van der Waals surface area contributed by atoms with Crippen molar-refractivity contribution in [1.29, 1.82) is 0 Å². The molecule has 2 aromatic carbocycles. The molecule has 28 heavy (non-hydrogen) atoms. The van der Waals surface area contributed by atoms with Crippen LogP contribution in [0.2, 0.25) is 5.02 Å². The van der Waals surface area contributed by atoms with Crippen molar-refractivity contribution in [2.24, 2.45) is 0 Å². The molecule has 0 radical (unpaired) electrons. The summed E-state index contributed by atoms with van der Waals surface area (Å²) < 4.78 is 7.35. The van der Waals surface area contributed by atoms with Gasteiger partial charge >= 0.3 is 0 Å². The van der Waals surface area contributed by atoms with Gasteiger partial charge in [0.25, 0.3) is 0 Å². The molecule has 3 aromatic rings. The normalized spacial score (nSPS) is 10.5. The van der Waals surface area contributed by atoms with E-state index in [9.17, 15) is 0 Å². The van der Waals surface area contributed by atoms with E-state index in [1.165, 1.54) is 0 Å². The smallest absolute Gasteiger partial charge is 0.173 e. The lowest BCUT2D eigenvalue weighted by Gasteiger charge is -2.26. The fourth-order valence-corrected chi connectivity index (χ4v) is 3.32. The standard InChI is InChI=1S/C21H23ClN4OS/c1-27-19-8-4-7-18(14-19)24-21(28)26(12-5-11-25-13-10-23-16-25)15-17-6-2-3-9-20(17)22/h2-4,6-10,13-14,16H,5,11-12,15H2,1H3,(H,24,28). The Morgan fingerprint density at radius 1 is 1.25 bits per heavy atom. The molecule has 0 bridgehead atoms. The van der Waals surface area contributed by atoms with Crippen LogP contribution >= 0.6 is 23.8 Å². The lowest BCUT2D eigenvalue weighted by molar-refractivity contribution is 0.396. The van der Waals surface area contributed by atoms with E-state index in [0.29, 0.717) is 11.7 Å². The number of rotatable bonds is 8. The molecule has 1 heterocycles. The number of thiocarbonyl (C=S) groups is 1. The summed E-state index contributed by atoms with van der Waals surface area (Å²) in [5.74, 6) is 0.783. The van der Waals surface area contributed by atoms with Gasteiger partial charge in [-0.3, -0.25) is 0 Å². The summed E-state index contributed by atoms with van der Waals surface area (Å²) >= 11 is 12.1. The highest BCUT2D eigenvalue weighted by Crippen LogP contribution is 2.20. The lowest BCUT2D eigenvalue weighted by Crippen LogP contribution is -2.35. The topological polar surface area (TPSA) is 42.3 Å². The summed E-state index contributed by atoms with van der Waals surface area (Å²) in [6, 6.07) is 15.6. The Morgan fingerprint density at radius 3 is 2.86 bits per heavy atom. The van der Waals surface area contributed by atoms with Gasteiger partial charge in [-0.1, -0.05) is 35.9 Å². The Hall–Kier alpha value is -2.57. The van der Waals surface area contributed by atoms with Crippen LogP contribution in [-0.4, -0.2) is 33.2 Å². The first kappa shape index (κ1) is 20.2. The highest BCUT2D eigenvalue weighted by molar-refractivity contribution is 7.80. The second-order valence-electron chi connectivity index (χ2n) is 6.33. The van der Waals surface area contributed by atoms with Crippen LogP contribution in [0.5, 0.6) is 5.75 Å². The molecule has 5 nitrogen and oxygen atoms in total. The van der Waals surface area contributed by atoms with Crippen LogP contribution in [0.1, 0.15) is 12.0 Å². The van der Waals surface area contributed by atoms with E-state index in [1.54, 1.807) is 13.3 Å². The van der Waals surface area contributed by atoms with E-state index in [-0.39, 0.29) is 0 Å². The van der Waals surface area contributed by atoms with E-state index >= 15 is 0 Å². The summed E-state index contributed by atoms with van der Waals surface area (Å²) in [4.78, 5) is 6.22. The Morgan fingerprint density at radius 2 is 2.11 bits per heavy atom. The first-order valence-corrected chi connectivity index (χ1v) is 9.83. The SMILES string of the molecule is COc1cccc(NC(=S)N(CCCn2ccnc2)Cc2ccccc2Cl)c1. The highest BCUT2D eigenvalue weighted by Gasteiger charge is 2.13. The molecule has 0 aliphatic carbocycles. The van der Waals surface area contributed by atoms with Crippen LogP contribution < -0.4 is 10.1 Å². The average molecular weight is 415 g/mol. The predicted molar refractivity (Wildman–Crippen MR) is 118 cm³/mol. The number of nitrogens with one attached hydrogen (secondary N) is 1. The molecule has 0 unspecified atom stereocenters. The van der Waals surface area contributed by atoms with Gasteiger partial charge in [-0.25, -0.2) is 4.98 Å². The number of benzene rings is 2. The van der Waals surface area contributed by atoms with Crippen molar-refractivity contribution in [3.8, 4) is 5.75 Å². The second-order valence-corrected chi connectivity index (χ2v) is 7.12. The molecule has 146 valence electrons. The van der Waals surface area contributed by atoms with Gasteiger partial charge in [0.15, 0.2) is 5.11 Å². The number of aryl methyl sites for hydroxylation is 1. The summed E-state index contributed by atoms with van der Waals surface area (Å²) in [5, 5.41) is 4.71. The predicted octanol–water partition coefficient (Wildman–Crippen LogP) is 4.83. The van der Waals surface area contributed by atoms with Gasteiger partial charge in [-0.15, -0.1) is 0 Å². The molecule has 0 aliphatic rings. The monoisotopic (exact) mass is 414 g/mol. The van der Waals surface area contributed by atoms with E-state index in [2.05, 4.69) is 19.8 Å². The van der Waals surface area contributed by atoms with Gasteiger partial charge in [-0.2, -0.15) is 0 Å². The molecule has 0 saturated heterocycles. The van der Waals surface area contributed by atoms with Gasteiger partial charge in [0.2, 0.25) is 0 Å². The highest BCUT2D eigenvalue weighted by atomic mass is 35.5. The Kier molecular flexibility index (Phi) is 7.28. The van der Waals surface area contributed by atoms with E-state index in [1.807, 2.05) is 61.1 Å². The zero-order valence-corrected chi connectivity index (χ0v) is 17.3. The number of hydrogen-bond acceptors (Lipinski definition) is 3. The average Bonchev–Trinajstić information content (AvgIpc) is 3.22. The molecular formula is C21H23ClN4OS. The first-order chi connectivity index (χ1) is 13.7. The zero-order valence-electron chi connectivity index (χ0n) is 15.7. The minimum atomic E-state index is 0.638. The van der Waals surface area contributed by atoms with E-state index in [0.717, 1.165) is 41.5 Å². The van der Waals surface area contributed by atoms with Gasteiger partial charge in [0.05, 0.1) is 13.4 Å². The molecule has 7 heteroatoms. The molecule has 0 amide bonds. The lowest BCUT2D eigenvalue weighted by atomic mass is 10.2. The number of anilines is 1. The Labute approximate surface area is 175 Å². The van der Waals surface area contributed by atoms with Gasteiger partial charge in [0, 0.05) is 48.8 Å². The number of ether oxygens (including phenoxy) is 1. The van der Waals surface area contributed by atoms with Crippen molar-refractivity contribution in [3.63, 3.8) is 0 Å². The van der Waals surface area contributed by atoms with Crippen LogP contribution in [0.15, 0.2) is 67.3 Å². The third kappa shape index (κ3) is 5.71. The van der Waals surface area contributed by atoms with Gasteiger partial charge < -0.3 is 19.5 Å². The number of methoxy groups -OCH3 is 1. The van der Waals surface area contributed by atoms with Crippen LogP contribution in [0, 0.1) is 0 Å². The Balaban J connectivity index is 1.69. The zero-order chi connectivity index (χ0) is 19.8. The van der Waals surface area contributed by atoms with Crippen molar-refractivity contribution >= 4 is 34.6 Å². The van der Waals surface area contributed by atoms with Crippen molar-refractivity contribution in [2.45, 2.75) is 19.5 Å². The fraction of sp³-hybridized carbons (Fsp3) is 0.238. The maximum absolute atomic E-state index is 6.37. The minimum absolute atomic E-state index is 0.638. The van der Waals surface area contributed by atoms with Crippen LogP contribution in [0.25, 0.3) is 0 Å². The van der Waals surface area contributed by atoms with Crippen molar-refractivity contribution < 1.29 is 4.74 Å². The maximum Gasteiger partial charge on any atom is 0.173 e. The van der Waals surface area contributed by atoms with E-state index in [4.69, 9.17) is 28.6 Å². The quantitative estimate of drug-likeness (QED) is 0.534. The number of halogens is 1. The fourth-order valence-electron chi connectivity index (χ4n) is 2.85. The maximum atomic E-state index is 6.37. The molecule has 1 aromatic heterocycles. The molecule has 0 saturated carbocycles. The van der Waals surface area contributed by atoms with E-state index < -0.39 is 0 Å². The molecule has 0 atom stereocenters. The summed E-state index contributed by atoms with van der Waals surface area (Å²) in [6.45, 7) is 2.30. The molecule has 0 aliphatic heterocycles. The number of imidazole rings is 1. The number of aromatic nitrogens is 2. The molecule has 0 fully saturated rings. The Bertz CT molecular complexity index is 901. The third-order valence-electron chi connectivity index (χ3n) is 4.33. The largest absolute Gasteiger partial charge is 0.497 e. The van der Waals surface area contributed by atoms with Gasteiger partial charge in [0.1, 0.15) is 5.75 Å². The van der Waals surface area contributed by atoms with Crippen molar-refractivity contribution in [1.82, 2.24) is 14.5 Å². The van der Waals surface area contributed by atoms with Gasteiger partial charge in [-0.05, 0) is 42.4 Å². The summed E-state index contributed by atoms with van der Waals surface area (Å²) in [7, 11) is 1.65. The molecule has 1 N–H and O–H groups in total. The van der Waals surface area contributed by atoms with Crippen LogP contribution in [-0.2, 0) is 13.1 Å². The summed E-state index contributed by atoms with van der Waals surface area (Å²) in [6.07, 6.45) is 6.51. The molecular weight excluding hydrogens is 392 g/mol. The summed E-state index contributed by atoms with van der Waals surface area (Å²) in [5.41, 5.74) is 1.93. The van der Waals surface area contributed by atoms with Crippen molar-refractivity contribution in [3.05, 3.63) is 77.8 Å². The molecule has 0 spiro atoms. The minimum Gasteiger partial charge on any atom is -0.497 e.